The summed E-state index contributed by atoms with van der Waals surface area (Å²) in [5.41, 5.74) is 4.43. The van der Waals surface area contributed by atoms with Crippen LogP contribution in [0.25, 0.3) is 11.3 Å². The monoisotopic (exact) mass is 257 g/mol. The average molecular weight is 257 g/mol. The molecule has 0 aliphatic heterocycles. The lowest BCUT2D eigenvalue weighted by molar-refractivity contribution is 0.0821. The largest absolute Gasteiger partial charge is 0.508 e. The maximum atomic E-state index is 12.1. The molecular formula is C14H15N3O2. The molecule has 0 unspecified atom stereocenters. The predicted octanol–water partition coefficient (Wildman–Crippen LogP) is 1.58. The summed E-state index contributed by atoms with van der Waals surface area (Å²) >= 11 is 0. The molecule has 5 heteroatoms. The Morgan fingerprint density at radius 3 is 2.89 bits per heavy atom. The van der Waals surface area contributed by atoms with Gasteiger partial charge in [-0.2, -0.15) is 5.10 Å². The number of hydrogen-bond acceptors (Lipinski definition) is 3. The highest BCUT2D eigenvalue weighted by atomic mass is 16.3. The molecule has 1 aromatic carbocycles. The summed E-state index contributed by atoms with van der Waals surface area (Å²) in [5, 5.41) is 16.6. The number of aromatic hydroxyl groups is 1. The number of phenolic OH excluding ortho intramolecular Hbond substituents is 1. The summed E-state index contributed by atoms with van der Waals surface area (Å²) < 4.78 is 0. The zero-order valence-electron chi connectivity index (χ0n) is 10.9. The van der Waals surface area contributed by atoms with Crippen molar-refractivity contribution >= 4 is 5.91 Å². The van der Waals surface area contributed by atoms with Crippen molar-refractivity contribution in [2.24, 2.45) is 0 Å². The molecule has 0 spiro atoms. The summed E-state index contributed by atoms with van der Waals surface area (Å²) in [6, 6.07) is 5.27. The van der Waals surface area contributed by atoms with Gasteiger partial charge in [-0.3, -0.25) is 9.89 Å². The van der Waals surface area contributed by atoms with Gasteiger partial charge in [0, 0.05) is 25.2 Å². The van der Waals surface area contributed by atoms with E-state index in [2.05, 4.69) is 10.2 Å². The minimum atomic E-state index is -0.0593. The molecular weight excluding hydrogens is 242 g/mol. The van der Waals surface area contributed by atoms with Crippen LogP contribution in [0.5, 0.6) is 5.75 Å². The van der Waals surface area contributed by atoms with Crippen LogP contribution in [0.15, 0.2) is 18.2 Å². The molecule has 1 amide bonds. The van der Waals surface area contributed by atoms with Gasteiger partial charge >= 0.3 is 0 Å². The molecule has 98 valence electrons. The second kappa shape index (κ2) is 4.12. The highest BCUT2D eigenvalue weighted by Crippen LogP contribution is 2.35. The van der Waals surface area contributed by atoms with Crippen LogP contribution < -0.4 is 0 Å². The maximum Gasteiger partial charge on any atom is 0.271 e. The molecule has 2 N–H and O–H groups in total. The zero-order valence-corrected chi connectivity index (χ0v) is 10.9. The number of fused-ring (bicyclic) bond motifs is 3. The van der Waals surface area contributed by atoms with E-state index >= 15 is 0 Å². The molecule has 0 radical (unpaired) electrons. The SMILES string of the molecule is CN(C)C(=O)c1[nH]nc2c1CCc1cc(O)ccc1-2. The fourth-order valence-corrected chi connectivity index (χ4v) is 2.51. The topological polar surface area (TPSA) is 69.2 Å². The lowest BCUT2D eigenvalue weighted by Crippen LogP contribution is -2.23. The molecule has 0 fully saturated rings. The smallest absolute Gasteiger partial charge is 0.271 e. The average Bonchev–Trinajstić information content (AvgIpc) is 2.81. The van der Waals surface area contributed by atoms with Gasteiger partial charge in [-0.15, -0.1) is 0 Å². The van der Waals surface area contributed by atoms with Crippen molar-refractivity contribution in [1.29, 1.82) is 0 Å². The maximum absolute atomic E-state index is 12.1. The minimum Gasteiger partial charge on any atom is -0.508 e. The van der Waals surface area contributed by atoms with E-state index in [4.69, 9.17) is 0 Å². The van der Waals surface area contributed by atoms with Gasteiger partial charge in [-0.1, -0.05) is 0 Å². The van der Waals surface area contributed by atoms with Crippen LogP contribution in [0.4, 0.5) is 0 Å². The number of benzene rings is 1. The number of phenols is 1. The van der Waals surface area contributed by atoms with Gasteiger partial charge in [0.05, 0.1) is 5.69 Å². The van der Waals surface area contributed by atoms with E-state index in [0.717, 1.165) is 35.2 Å². The van der Waals surface area contributed by atoms with Crippen molar-refractivity contribution in [2.45, 2.75) is 12.8 Å². The minimum absolute atomic E-state index is 0.0593. The van der Waals surface area contributed by atoms with Gasteiger partial charge in [0.2, 0.25) is 0 Å². The van der Waals surface area contributed by atoms with Gasteiger partial charge in [-0.25, -0.2) is 0 Å². The number of nitrogens with zero attached hydrogens (tertiary/aromatic N) is 2. The molecule has 0 saturated carbocycles. The molecule has 0 bridgehead atoms. The Morgan fingerprint density at radius 2 is 2.16 bits per heavy atom. The van der Waals surface area contributed by atoms with E-state index in [1.54, 1.807) is 31.1 Å². The van der Waals surface area contributed by atoms with Crippen molar-refractivity contribution in [3.8, 4) is 17.0 Å². The first-order valence-electron chi connectivity index (χ1n) is 6.19. The second-order valence-corrected chi connectivity index (χ2v) is 4.97. The third-order valence-electron chi connectivity index (χ3n) is 3.48. The van der Waals surface area contributed by atoms with Gasteiger partial charge in [0.25, 0.3) is 5.91 Å². The van der Waals surface area contributed by atoms with Crippen LogP contribution in [-0.2, 0) is 12.8 Å². The van der Waals surface area contributed by atoms with Crippen LogP contribution in [0.2, 0.25) is 0 Å². The standard InChI is InChI=1S/C14H15N3O2/c1-17(2)14(19)13-11-5-3-8-7-9(18)4-6-10(8)12(11)15-16-13/h4,6-7,18H,3,5H2,1-2H3,(H,15,16). The van der Waals surface area contributed by atoms with E-state index in [0.29, 0.717) is 5.69 Å². The van der Waals surface area contributed by atoms with Crippen LogP contribution in [-0.4, -0.2) is 40.2 Å². The van der Waals surface area contributed by atoms with Crippen molar-refractivity contribution in [3.63, 3.8) is 0 Å². The number of amides is 1. The molecule has 3 rings (SSSR count). The molecule has 1 aliphatic carbocycles. The highest BCUT2D eigenvalue weighted by Gasteiger charge is 2.25. The summed E-state index contributed by atoms with van der Waals surface area (Å²) in [5.74, 6) is 0.207. The molecule has 19 heavy (non-hydrogen) atoms. The number of hydrogen-bond donors (Lipinski definition) is 2. The Morgan fingerprint density at radius 1 is 1.37 bits per heavy atom. The number of H-pyrrole nitrogens is 1. The van der Waals surface area contributed by atoms with Crippen molar-refractivity contribution < 1.29 is 9.90 Å². The van der Waals surface area contributed by atoms with Crippen molar-refractivity contribution in [3.05, 3.63) is 35.0 Å². The Labute approximate surface area is 110 Å². The van der Waals surface area contributed by atoms with Crippen LogP contribution in [0, 0.1) is 0 Å². The van der Waals surface area contributed by atoms with Crippen LogP contribution >= 0.6 is 0 Å². The molecule has 1 aliphatic rings. The first-order chi connectivity index (χ1) is 9.08. The number of carbonyl (C=O) groups is 1. The van der Waals surface area contributed by atoms with E-state index in [1.807, 2.05) is 6.07 Å². The first kappa shape index (κ1) is 11.8. The van der Waals surface area contributed by atoms with Crippen LogP contribution in [0.3, 0.4) is 0 Å². The van der Waals surface area contributed by atoms with Gasteiger partial charge < -0.3 is 10.0 Å². The van der Waals surface area contributed by atoms with E-state index in [9.17, 15) is 9.90 Å². The Bertz CT molecular complexity index is 659. The van der Waals surface area contributed by atoms with Gasteiger partial charge in [0.1, 0.15) is 11.4 Å². The Hall–Kier alpha value is -2.30. The second-order valence-electron chi connectivity index (χ2n) is 4.97. The zero-order chi connectivity index (χ0) is 13.6. The number of nitrogens with one attached hydrogen (secondary N) is 1. The number of rotatable bonds is 1. The predicted molar refractivity (Wildman–Crippen MR) is 71.1 cm³/mol. The molecule has 0 atom stereocenters. The Balaban J connectivity index is 2.12. The number of aromatic nitrogens is 2. The lowest BCUT2D eigenvalue weighted by Gasteiger charge is -2.17. The summed E-state index contributed by atoms with van der Waals surface area (Å²) in [7, 11) is 3.45. The van der Waals surface area contributed by atoms with E-state index < -0.39 is 0 Å². The summed E-state index contributed by atoms with van der Waals surface area (Å²) in [6.07, 6.45) is 1.57. The van der Waals surface area contributed by atoms with E-state index in [1.165, 1.54) is 0 Å². The quantitative estimate of drug-likeness (QED) is 0.815. The van der Waals surface area contributed by atoms with Crippen molar-refractivity contribution in [1.82, 2.24) is 15.1 Å². The number of carbonyl (C=O) groups excluding carboxylic acids is 1. The number of aromatic amines is 1. The third-order valence-corrected chi connectivity index (χ3v) is 3.48. The van der Waals surface area contributed by atoms with Gasteiger partial charge in [0.15, 0.2) is 0 Å². The first-order valence-corrected chi connectivity index (χ1v) is 6.19. The fraction of sp³-hybridized carbons (Fsp3) is 0.286. The molecule has 2 aromatic rings. The molecule has 1 aromatic heterocycles. The van der Waals surface area contributed by atoms with Gasteiger partial charge in [-0.05, 0) is 36.6 Å². The molecule has 5 nitrogen and oxygen atoms in total. The summed E-state index contributed by atoms with van der Waals surface area (Å²) in [4.78, 5) is 13.6. The highest BCUT2D eigenvalue weighted by molar-refractivity contribution is 5.95. The van der Waals surface area contributed by atoms with Crippen LogP contribution in [0.1, 0.15) is 21.6 Å². The Kier molecular flexibility index (Phi) is 2.55. The molecule has 0 saturated heterocycles. The number of aryl methyl sites for hydroxylation is 1. The third kappa shape index (κ3) is 1.78. The fourth-order valence-electron chi connectivity index (χ4n) is 2.51. The summed E-state index contributed by atoms with van der Waals surface area (Å²) in [6.45, 7) is 0. The van der Waals surface area contributed by atoms with Crippen molar-refractivity contribution in [2.75, 3.05) is 14.1 Å². The lowest BCUT2D eigenvalue weighted by atomic mass is 9.89. The normalized spacial score (nSPS) is 12.7. The molecule has 1 heterocycles. The van der Waals surface area contributed by atoms with E-state index in [-0.39, 0.29) is 11.7 Å².